The average Bonchev–Trinajstić information content (AvgIpc) is 2.87. The summed E-state index contributed by atoms with van der Waals surface area (Å²) in [5.74, 6) is -0.910. The number of hydrogen-bond acceptors (Lipinski definition) is 4. The largest absolute Gasteiger partial charge is 0.322 e. The number of anilines is 2. The second-order valence-electron chi connectivity index (χ2n) is 8.56. The monoisotopic (exact) mass is 512 g/mol. The standard InChI is InChI=1S/C27H33FN4O3S/c1-5-31(6-2)19-21-13-17-24(18-14-21)29-27(33)23-15-11-22(12-16-23)20-32(36(34,35)30(3)4)26-10-8-7-9-25(26)28/h7-18H,5-6,19-20H2,1-4H3,(H,29,33). The van der Waals surface area contributed by atoms with Crippen LogP contribution in [-0.4, -0.2) is 50.7 Å². The highest BCUT2D eigenvalue weighted by molar-refractivity contribution is 7.90. The van der Waals surface area contributed by atoms with E-state index in [1.54, 1.807) is 30.3 Å². The zero-order valence-electron chi connectivity index (χ0n) is 21.1. The quantitative estimate of drug-likeness (QED) is 0.403. The van der Waals surface area contributed by atoms with Crippen molar-refractivity contribution in [2.75, 3.05) is 36.8 Å². The van der Waals surface area contributed by atoms with E-state index < -0.39 is 16.0 Å². The minimum atomic E-state index is -3.95. The molecule has 0 aliphatic carbocycles. The van der Waals surface area contributed by atoms with Crippen LogP contribution in [0.5, 0.6) is 0 Å². The molecule has 1 amide bonds. The first kappa shape index (κ1) is 27.3. The number of hydrogen-bond donors (Lipinski definition) is 1. The van der Waals surface area contributed by atoms with Crippen LogP contribution in [0.2, 0.25) is 0 Å². The van der Waals surface area contributed by atoms with Crippen LogP contribution in [0.3, 0.4) is 0 Å². The highest BCUT2D eigenvalue weighted by atomic mass is 32.2. The summed E-state index contributed by atoms with van der Waals surface area (Å²) in [5, 5.41) is 2.88. The molecule has 3 rings (SSSR count). The molecule has 0 heterocycles. The summed E-state index contributed by atoms with van der Waals surface area (Å²) in [6.07, 6.45) is 0. The molecule has 0 spiro atoms. The molecule has 0 atom stereocenters. The summed E-state index contributed by atoms with van der Waals surface area (Å²) in [6, 6.07) is 20.1. The van der Waals surface area contributed by atoms with Crippen LogP contribution in [-0.2, 0) is 23.3 Å². The number of para-hydroxylation sites is 1. The molecule has 0 aliphatic heterocycles. The summed E-state index contributed by atoms with van der Waals surface area (Å²) in [5.41, 5.74) is 2.86. The summed E-state index contributed by atoms with van der Waals surface area (Å²) in [6.45, 7) is 6.98. The maximum atomic E-state index is 14.5. The van der Waals surface area contributed by atoms with Gasteiger partial charge in [-0.25, -0.2) is 4.39 Å². The first-order valence-electron chi connectivity index (χ1n) is 11.8. The highest BCUT2D eigenvalue weighted by Crippen LogP contribution is 2.25. The number of carbonyl (C=O) groups is 1. The number of nitrogens with one attached hydrogen (secondary N) is 1. The van der Waals surface area contributed by atoms with Crippen molar-refractivity contribution in [3.05, 3.63) is 95.3 Å². The normalized spacial score (nSPS) is 11.6. The van der Waals surface area contributed by atoms with E-state index in [0.717, 1.165) is 28.2 Å². The molecule has 0 fully saturated rings. The van der Waals surface area contributed by atoms with Gasteiger partial charge in [0.15, 0.2) is 0 Å². The van der Waals surface area contributed by atoms with Crippen LogP contribution in [0.4, 0.5) is 15.8 Å². The van der Waals surface area contributed by atoms with E-state index >= 15 is 0 Å². The molecule has 0 bridgehead atoms. The van der Waals surface area contributed by atoms with Crippen LogP contribution >= 0.6 is 0 Å². The molecule has 0 aromatic heterocycles. The Kier molecular flexibility index (Phi) is 9.19. The average molecular weight is 513 g/mol. The fourth-order valence-electron chi connectivity index (χ4n) is 3.67. The molecule has 7 nitrogen and oxygen atoms in total. The Balaban J connectivity index is 1.72. The maximum Gasteiger partial charge on any atom is 0.303 e. The first-order chi connectivity index (χ1) is 17.1. The summed E-state index contributed by atoms with van der Waals surface area (Å²) in [7, 11) is -1.16. The van der Waals surface area contributed by atoms with Crippen molar-refractivity contribution < 1.29 is 17.6 Å². The van der Waals surface area contributed by atoms with Gasteiger partial charge in [-0.15, -0.1) is 0 Å². The topological polar surface area (TPSA) is 73.0 Å². The number of benzene rings is 3. The molecule has 9 heteroatoms. The van der Waals surface area contributed by atoms with E-state index in [1.807, 2.05) is 24.3 Å². The summed E-state index contributed by atoms with van der Waals surface area (Å²) in [4.78, 5) is 15.0. The Bertz CT molecular complexity index is 1260. The predicted octanol–water partition coefficient (Wildman–Crippen LogP) is 4.73. The Hall–Kier alpha value is -3.27. The zero-order valence-corrected chi connectivity index (χ0v) is 21.9. The molecule has 0 unspecified atom stereocenters. The molecule has 3 aromatic carbocycles. The lowest BCUT2D eigenvalue weighted by atomic mass is 10.1. The van der Waals surface area contributed by atoms with Crippen LogP contribution < -0.4 is 9.62 Å². The van der Waals surface area contributed by atoms with E-state index in [0.29, 0.717) is 16.8 Å². The van der Waals surface area contributed by atoms with E-state index in [-0.39, 0.29) is 18.1 Å². The van der Waals surface area contributed by atoms with Crippen molar-refractivity contribution in [1.82, 2.24) is 9.21 Å². The van der Waals surface area contributed by atoms with E-state index in [2.05, 4.69) is 24.1 Å². The molecular weight excluding hydrogens is 479 g/mol. The van der Waals surface area contributed by atoms with Gasteiger partial charge in [0, 0.05) is 31.9 Å². The van der Waals surface area contributed by atoms with Gasteiger partial charge < -0.3 is 5.32 Å². The van der Waals surface area contributed by atoms with Crippen LogP contribution in [0, 0.1) is 5.82 Å². The van der Waals surface area contributed by atoms with Crippen molar-refractivity contribution in [1.29, 1.82) is 0 Å². The van der Waals surface area contributed by atoms with Crippen molar-refractivity contribution in [2.24, 2.45) is 0 Å². The molecular formula is C27H33FN4O3S. The Morgan fingerprint density at radius 3 is 1.94 bits per heavy atom. The lowest BCUT2D eigenvalue weighted by molar-refractivity contribution is 0.102. The fourth-order valence-corrected chi connectivity index (χ4v) is 4.77. The molecule has 0 aliphatic rings. The Morgan fingerprint density at radius 2 is 1.39 bits per heavy atom. The SMILES string of the molecule is CCN(CC)Cc1ccc(NC(=O)c2ccc(CN(c3ccccc3F)S(=O)(=O)N(C)C)cc2)cc1. The van der Waals surface area contributed by atoms with E-state index in [4.69, 9.17) is 0 Å². The Morgan fingerprint density at radius 1 is 0.833 bits per heavy atom. The van der Waals surface area contributed by atoms with E-state index in [9.17, 15) is 17.6 Å². The second-order valence-corrected chi connectivity index (χ2v) is 10.6. The van der Waals surface area contributed by atoms with E-state index in [1.165, 1.54) is 37.9 Å². The van der Waals surface area contributed by atoms with Gasteiger partial charge in [0.1, 0.15) is 5.82 Å². The van der Waals surface area contributed by atoms with Gasteiger partial charge in [0.25, 0.3) is 5.91 Å². The van der Waals surface area contributed by atoms with Crippen molar-refractivity contribution >= 4 is 27.5 Å². The van der Waals surface area contributed by atoms with Gasteiger partial charge in [-0.05, 0) is 60.6 Å². The summed E-state index contributed by atoms with van der Waals surface area (Å²) < 4.78 is 42.3. The van der Waals surface area contributed by atoms with Crippen LogP contribution in [0.15, 0.2) is 72.8 Å². The van der Waals surface area contributed by atoms with Crippen LogP contribution in [0.25, 0.3) is 0 Å². The zero-order chi connectivity index (χ0) is 26.3. The molecule has 0 radical (unpaired) electrons. The Labute approximate surface area is 213 Å². The number of rotatable bonds is 11. The van der Waals surface area contributed by atoms with Gasteiger partial charge in [0.2, 0.25) is 0 Å². The molecule has 0 saturated carbocycles. The minimum Gasteiger partial charge on any atom is -0.322 e. The highest BCUT2D eigenvalue weighted by Gasteiger charge is 2.27. The van der Waals surface area contributed by atoms with Crippen molar-refractivity contribution in [3.63, 3.8) is 0 Å². The van der Waals surface area contributed by atoms with Gasteiger partial charge in [-0.1, -0.05) is 50.2 Å². The molecule has 36 heavy (non-hydrogen) atoms. The molecule has 0 saturated heterocycles. The van der Waals surface area contributed by atoms with Gasteiger partial charge >= 0.3 is 10.2 Å². The maximum absolute atomic E-state index is 14.5. The molecule has 1 N–H and O–H groups in total. The number of nitrogens with zero attached hydrogens (tertiary/aromatic N) is 3. The van der Waals surface area contributed by atoms with Gasteiger partial charge in [-0.3, -0.25) is 14.0 Å². The second kappa shape index (κ2) is 12.1. The fraction of sp³-hybridized carbons (Fsp3) is 0.296. The lowest BCUT2D eigenvalue weighted by Gasteiger charge is -2.27. The minimum absolute atomic E-state index is 0.0440. The van der Waals surface area contributed by atoms with Gasteiger partial charge in [0.05, 0.1) is 12.2 Å². The number of amides is 1. The smallest absolute Gasteiger partial charge is 0.303 e. The first-order valence-corrected chi connectivity index (χ1v) is 13.2. The van der Waals surface area contributed by atoms with Crippen molar-refractivity contribution in [2.45, 2.75) is 26.9 Å². The van der Waals surface area contributed by atoms with Crippen LogP contribution in [0.1, 0.15) is 35.3 Å². The number of carbonyl (C=O) groups excluding carboxylic acids is 1. The number of halogens is 1. The lowest BCUT2D eigenvalue weighted by Crippen LogP contribution is -2.40. The predicted molar refractivity (Wildman–Crippen MR) is 143 cm³/mol. The van der Waals surface area contributed by atoms with Crippen molar-refractivity contribution in [3.8, 4) is 0 Å². The third-order valence-electron chi connectivity index (χ3n) is 5.92. The molecule has 3 aromatic rings. The summed E-state index contributed by atoms with van der Waals surface area (Å²) >= 11 is 0. The third-order valence-corrected chi connectivity index (χ3v) is 7.72. The third kappa shape index (κ3) is 6.69. The molecule has 192 valence electrons. The van der Waals surface area contributed by atoms with Gasteiger partial charge in [-0.2, -0.15) is 12.7 Å².